The molecule has 0 radical (unpaired) electrons. The smallest absolute Gasteiger partial charge is 0.382 e. The summed E-state index contributed by atoms with van der Waals surface area (Å²) in [5.74, 6) is -1.15. The van der Waals surface area contributed by atoms with Crippen LogP contribution in [0.4, 0.5) is 23.4 Å². The highest BCUT2D eigenvalue weighted by Crippen LogP contribution is 2.30. The Labute approximate surface area is 167 Å². The number of nitrogens with zero attached hydrogens (tertiary/aromatic N) is 4. The van der Waals surface area contributed by atoms with Crippen LogP contribution in [0.3, 0.4) is 0 Å². The number of benzene rings is 2. The molecule has 30 heavy (non-hydrogen) atoms. The van der Waals surface area contributed by atoms with E-state index in [1.807, 2.05) is 0 Å². The molecule has 0 aliphatic carbocycles. The maximum Gasteiger partial charge on any atom is 0.416 e. The number of amides is 1. The molecule has 4 rings (SSSR count). The topological polar surface area (TPSA) is 76.5 Å². The number of rotatable bonds is 3. The van der Waals surface area contributed by atoms with Crippen molar-refractivity contribution in [1.82, 2.24) is 19.3 Å². The lowest BCUT2D eigenvalue weighted by atomic mass is 10.1. The Morgan fingerprint density at radius 2 is 1.93 bits per heavy atom. The van der Waals surface area contributed by atoms with E-state index in [9.17, 15) is 22.4 Å². The third kappa shape index (κ3) is 3.40. The van der Waals surface area contributed by atoms with E-state index in [4.69, 9.17) is 5.73 Å². The highest BCUT2D eigenvalue weighted by molar-refractivity contribution is 5.98. The zero-order valence-electron chi connectivity index (χ0n) is 15.6. The molecule has 0 saturated heterocycles. The average molecular weight is 417 g/mol. The highest BCUT2D eigenvalue weighted by Gasteiger charge is 2.31. The van der Waals surface area contributed by atoms with Gasteiger partial charge in [-0.15, -0.1) is 0 Å². The zero-order chi connectivity index (χ0) is 21.6. The molecule has 4 aromatic rings. The number of nitrogen functional groups attached to an aromatic ring is 1. The first-order chi connectivity index (χ1) is 14.1. The molecule has 1 amide bonds. The summed E-state index contributed by atoms with van der Waals surface area (Å²) in [4.78, 5) is 22.4. The number of halogens is 4. The third-order valence-electron chi connectivity index (χ3n) is 4.76. The number of aromatic nitrogens is 3. The lowest BCUT2D eigenvalue weighted by molar-refractivity contribution is -0.137. The second kappa shape index (κ2) is 6.97. The standard InChI is InChI=1S/C20H15F4N5O/c1-28(9-12-2-4-13(7-14(12)21)20(22,23)24)19(30)11-3-5-15-16(6-11)29-10-26-8-17(29)18(25)27-15/h2-8,10H,9H2,1H3,(H2,25,27). The Bertz CT molecular complexity index is 1280. The van der Waals surface area contributed by atoms with E-state index in [1.54, 1.807) is 35.1 Å². The van der Waals surface area contributed by atoms with Crippen LogP contribution in [0.1, 0.15) is 21.5 Å². The normalized spacial score (nSPS) is 11.9. The van der Waals surface area contributed by atoms with Crippen molar-refractivity contribution in [3.05, 3.63) is 71.4 Å². The summed E-state index contributed by atoms with van der Waals surface area (Å²) in [5.41, 5.74) is 6.86. The maximum atomic E-state index is 14.1. The molecule has 0 atom stereocenters. The van der Waals surface area contributed by atoms with Crippen LogP contribution in [-0.2, 0) is 12.7 Å². The fourth-order valence-corrected chi connectivity index (χ4v) is 3.21. The highest BCUT2D eigenvalue weighted by atomic mass is 19.4. The van der Waals surface area contributed by atoms with Gasteiger partial charge >= 0.3 is 6.18 Å². The summed E-state index contributed by atoms with van der Waals surface area (Å²) < 4.78 is 53.9. The van der Waals surface area contributed by atoms with Crippen molar-refractivity contribution in [2.24, 2.45) is 0 Å². The zero-order valence-corrected chi connectivity index (χ0v) is 15.6. The van der Waals surface area contributed by atoms with E-state index in [2.05, 4.69) is 9.97 Å². The van der Waals surface area contributed by atoms with E-state index in [0.717, 1.165) is 12.1 Å². The minimum Gasteiger partial charge on any atom is -0.382 e. The molecule has 0 saturated carbocycles. The molecule has 2 heterocycles. The Hall–Kier alpha value is -3.69. The predicted molar refractivity (Wildman–Crippen MR) is 102 cm³/mol. The van der Waals surface area contributed by atoms with Gasteiger partial charge in [0.1, 0.15) is 17.2 Å². The molecule has 0 spiro atoms. The summed E-state index contributed by atoms with van der Waals surface area (Å²) in [6.07, 6.45) is -1.54. The summed E-state index contributed by atoms with van der Waals surface area (Å²) >= 11 is 0. The van der Waals surface area contributed by atoms with Crippen molar-refractivity contribution in [2.45, 2.75) is 12.7 Å². The molecule has 0 aliphatic rings. The number of imidazole rings is 1. The summed E-state index contributed by atoms with van der Waals surface area (Å²) in [6.45, 7) is -0.193. The second-order valence-corrected chi connectivity index (χ2v) is 6.81. The molecule has 0 aliphatic heterocycles. The van der Waals surface area contributed by atoms with Gasteiger partial charge in [0.15, 0.2) is 0 Å². The van der Waals surface area contributed by atoms with Gasteiger partial charge in [0.2, 0.25) is 0 Å². The van der Waals surface area contributed by atoms with Gasteiger partial charge < -0.3 is 10.6 Å². The van der Waals surface area contributed by atoms with Crippen LogP contribution in [-0.4, -0.2) is 32.2 Å². The lowest BCUT2D eigenvalue weighted by Crippen LogP contribution is -2.26. The van der Waals surface area contributed by atoms with Gasteiger partial charge in [-0.2, -0.15) is 13.2 Å². The summed E-state index contributed by atoms with van der Waals surface area (Å²) in [5, 5.41) is 0. The van der Waals surface area contributed by atoms with Crippen molar-refractivity contribution in [3.63, 3.8) is 0 Å². The number of nitrogens with two attached hydrogens (primary N) is 1. The Morgan fingerprint density at radius 3 is 2.63 bits per heavy atom. The molecular formula is C20H15F4N5O. The molecule has 6 nitrogen and oxygen atoms in total. The lowest BCUT2D eigenvalue weighted by Gasteiger charge is -2.19. The number of anilines is 1. The Balaban J connectivity index is 1.63. The van der Waals surface area contributed by atoms with Gasteiger partial charge in [0.25, 0.3) is 5.91 Å². The number of hydrogen-bond acceptors (Lipinski definition) is 4. The first-order valence-corrected chi connectivity index (χ1v) is 8.77. The number of hydrogen-bond donors (Lipinski definition) is 1. The molecular weight excluding hydrogens is 402 g/mol. The van der Waals surface area contributed by atoms with Crippen molar-refractivity contribution >= 4 is 28.3 Å². The first kappa shape index (κ1) is 19.6. The molecule has 2 aromatic carbocycles. The molecule has 0 bridgehead atoms. The number of alkyl halides is 3. The van der Waals surface area contributed by atoms with Gasteiger partial charge in [-0.3, -0.25) is 9.20 Å². The SMILES string of the molecule is CN(Cc1ccc(C(F)(F)F)cc1F)C(=O)c1ccc2nc(N)c3cncn3c2c1. The van der Waals surface area contributed by atoms with Crippen molar-refractivity contribution < 1.29 is 22.4 Å². The van der Waals surface area contributed by atoms with E-state index in [1.165, 1.54) is 11.9 Å². The Morgan fingerprint density at radius 1 is 1.17 bits per heavy atom. The maximum absolute atomic E-state index is 14.1. The number of fused-ring (bicyclic) bond motifs is 3. The van der Waals surface area contributed by atoms with E-state index in [-0.39, 0.29) is 12.1 Å². The fourth-order valence-electron chi connectivity index (χ4n) is 3.21. The van der Waals surface area contributed by atoms with Gasteiger partial charge in [-0.1, -0.05) is 6.07 Å². The quantitative estimate of drug-likeness (QED) is 0.513. The van der Waals surface area contributed by atoms with Crippen LogP contribution >= 0.6 is 0 Å². The fraction of sp³-hybridized carbons (Fsp3) is 0.150. The van der Waals surface area contributed by atoms with Gasteiger partial charge in [0, 0.05) is 24.7 Å². The van der Waals surface area contributed by atoms with Crippen LogP contribution in [0, 0.1) is 5.82 Å². The largest absolute Gasteiger partial charge is 0.416 e. The van der Waals surface area contributed by atoms with Gasteiger partial charge in [0.05, 0.1) is 29.1 Å². The molecule has 2 aromatic heterocycles. The molecule has 10 heteroatoms. The minimum absolute atomic E-state index is 0.0221. The second-order valence-electron chi connectivity index (χ2n) is 6.81. The number of carbonyl (C=O) groups is 1. The minimum atomic E-state index is -4.64. The van der Waals surface area contributed by atoms with E-state index in [0.29, 0.717) is 34.0 Å². The van der Waals surface area contributed by atoms with Crippen molar-refractivity contribution in [3.8, 4) is 0 Å². The van der Waals surface area contributed by atoms with Crippen molar-refractivity contribution in [2.75, 3.05) is 12.8 Å². The third-order valence-corrected chi connectivity index (χ3v) is 4.76. The van der Waals surface area contributed by atoms with Gasteiger partial charge in [-0.05, 0) is 30.3 Å². The van der Waals surface area contributed by atoms with Crippen LogP contribution in [0.25, 0.3) is 16.6 Å². The number of carbonyl (C=O) groups excluding carboxylic acids is 1. The van der Waals surface area contributed by atoms with E-state index < -0.39 is 23.5 Å². The Kier molecular flexibility index (Phi) is 4.56. The van der Waals surface area contributed by atoms with Crippen LogP contribution in [0.2, 0.25) is 0 Å². The van der Waals surface area contributed by atoms with Crippen LogP contribution in [0.15, 0.2) is 48.9 Å². The van der Waals surface area contributed by atoms with Gasteiger partial charge in [-0.25, -0.2) is 14.4 Å². The summed E-state index contributed by atoms with van der Waals surface area (Å²) in [6, 6.07) is 7.04. The van der Waals surface area contributed by atoms with Crippen LogP contribution < -0.4 is 5.73 Å². The summed E-state index contributed by atoms with van der Waals surface area (Å²) in [7, 11) is 1.44. The first-order valence-electron chi connectivity index (χ1n) is 8.77. The van der Waals surface area contributed by atoms with Crippen LogP contribution in [0.5, 0.6) is 0 Å². The van der Waals surface area contributed by atoms with Crippen molar-refractivity contribution in [1.29, 1.82) is 0 Å². The molecule has 154 valence electrons. The molecule has 2 N–H and O–H groups in total. The predicted octanol–water partition coefficient (Wildman–Crippen LogP) is 3.89. The monoisotopic (exact) mass is 417 g/mol. The van der Waals surface area contributed by atoms with E-state index >= 15 is 0 Å². The average Bonchev–Trinajstić information content (AvgIpc) is 3.19. The molecule has 0 unspecified atom stereocenters. The molecule has 0 fully saturated rings.